The molecule has 19 heavy (non-hydrogen) atoms. The van der Waals surface area contributed by atoms with E-state index in [1.165, 1.54) is 6.07 Å². The van der Waals surface area contributed by atoms with Crippen LogP contribution in [0.2, 0.25) is 0 Å². The van der Waals surface area contributed by atoms with Crippen molar-refractivity contribution in [3.8, 4) is 23.2 Å². The Balaban J connectivity index is 1.92. The molecule has 0 saturated heterocycles. The number of alkyl halides is 2. The van der Waals surface area contributed by atoms with Gasteiger partial charge in [0.05, 0.1) is 0 Å². The summed E-state index contributed by atoms with van der Waals surface area (Å²) in [6.45, 7) is -2.70. The summed E-state index contributed by atoms with van der Waals surface area (Å²) in [5, 5.41) is 11.2. The standard InChI is InChI=1S/C11H7F2N5O/c12-11(13)18-6-4-8(17-18)10-16-15-9(19-10)7-3-1-2-5-14-7/h1-6,11H. The highest BCUT2D eigenvalue weighted by molar-refractivity contribution is 5.51. The molecule has 0 atom stereocenters. The van der Waals surface area contributed by atoms with Gasteiger partial charge >= 0.3 is 6.55 Å². The molecule has 3 heterocycles. The Labute approximate surface area is 105 Å². The molecule has 0 saturated carbocycles. The minimum atomic E-state index is -2.70. The van der Waals surface area contributed by atoms with Crippen LogP contribution in [0.15, 0.2) is 41.1 Å². The third kappa shape index (κ3) is 2.19. The van der Waals surface area contributed by atoms with Crippen molar-refractivity contribution in [2.75, 3.05) is 0 Å². The van der Waals surface area contributed by atoms with E-state index in [4.69, 9.17) is 4.42 Å². The summed E-state index contributed by atoms with van der Waals surface area (Å²) in [5.41, 5.74) is 0.699. The van der Waals surface area contributed by atoms with E-state index in [2.05, 4.69) is 20.3 Å². The second-order valence-corrected chi connectivity index (χ2v) is 3.59. The monoisotopic (exact) mass is 263 g/mol. The van der Waals surface area contributed by atoms with Crippen molar-refractivity contribution in [3.05, 3.63) is 36.7 Å². The number of hydrogen-bond acceptors (Lipinski definition) is 5. The summed E-state index contributed by atoms with van der Waals surface area (Å²) in [4.78, 5) is 4.05. The van der Waals surface area contributed by atoms with Gasteiger partial charge < -0.3 is 4.42 Å². The van der Waals surface area contributed by atoms with Crippen molar-refractivity contribution in [1.29, 1.82) is 0 Å². The number of pyridine rings is 1. The van der Waals surface area contributed by atoms with E-state index in [0.29, 0.717) is 10.4 Å². The van der Waals surface area contributed by atoms with Gasteiger partial charge in [0.1, 0.15) is 11.4 Å². The molecular weight excluding hydrogens is 256 g/mol. The fourth-order valence-electron chi connectivity index (χ4n) is 1.48. The lowest BCUT2D eigenvalue weighted by Crippen LogP contribution is -1.98. The van der Waals surface area contributed by atoms with Gasteiger partial charge in [-0.25, -0.2) is 4.68 Å². The highest BCUT2D eigenvalue weighted by Gasteiger charge is 2.15. The highest BCUT2D eigenvalue weighted by Crippen LogP contribution is 2.22. The molecule has 0 aliphatic heterocycles. The quantitative estimate of drug-likeness (QED) is 0.725. The lowest BCUT2D eigenvalue weighted by Gasteiger charge is -1.95. The zero-order valence-corrected chi connectivity index (χ0v) is 9.44. The number of nitrogens with zero attached hydrogens (tertiary/aromatic N) is 5. The zero-order chi connectivity index (χ0) is 13.2. The Morgan fingerprint density at radius 1 is 1.05 bits per heavy atom. The van der Waals surface area contributed by atoms with Gasteiger partial charge in [-0.2, -0.15) is 13.9 Å². The van der Waals surface area contributed by atoms with Crippen molar-refractivity contribution in [2.45, 2.75) is 6.55 Å². The summed E-state index contributed by atoms with van der Waals surface area (Å²) >= 11 is 0. The summed E-state index contributed by atoms with van der Waals surface area (Å²) < 4.78 is 30.6. The van der Waals surface area contributed by atoms with Crippen molar-refractivity contribution in [2.24, 2.45) is 0 Å². The van der Waals surface area contributed by atoms with E-state index in [0.717, 1.165) is 6.20 Å². The summed E-state index contributed by atoms with van der Waals surface area (Å²) in [7, 11) is 0. The smallest absolute Gasteiger partial charge is 0.333 e. The minimum Gasteiger partial charge on any atom is -0.413 e. The van der Waals surface area contributed by atoms with Crippen molar-refractivity contribution in [3.63, 3.8) is 0 Å². The van der Waals surface area contributed by atoms with Gasteiger partial charge in [-0.15, -0.1) is 10.2 Å². The van der Waals surface area contributed by atoms with Crippen LogP contribution in [0, 0.1) is 0 Å². The Morgan fingerprint density at radius 3 is 2.47 bits per heavy atom. The first-order valence-electron chi connectivity index (χ1n) is 5.32. The number of rotatable bonds is 3. The van der Waals surface area contributed by atoms with Crippen LogP contribution in [0.25, 0.3) is 23.2 Å². The van der Waals surface area contributed by atoms with E-state index in [1.54, 1.807) is 24.4 Å². The van der Waals surface area contributed by atoms with E-state index in [1.807, 2.05) is 0 Å². The Hall–Kier alpha value is -2.64. The zero-order valence-electron chi connectivity index (χ0n) is 9.44. The molecule has 0 aromatic carbocycles. The van der Waals surface area contributed by atoms with Gasteiger partial charge in [0.25, 0.3) is 11.8 Å². The maximum absolute atomic E-state index is 12.4. The number of hydrogen-bond donors (Lipinski definition) is 0. The van der Waals surface area contributed by atoms with Crippen molar-refractivity contribution >= 4 is 0 Å². The van der Waals surface area contributed by atoms with Gasteiger partial charge in [0.15, 0.2) is 0 Å². The SMILES string of the molecule is FC(F)n1ccc(-c2nnc(-c3ccccn3)o2)n1. The van der Waals surface area contributed by atoms with Crippen molar-refractivity contribution < 1.29 is 13.2 Å². The lowest BCUT2D eigenvalue weighted by atomic mass is 10.3. The van der Waals surface area contributed by atoms with E-state index >= 15 is 0 Å². The van der Waals surface area contributed by atoms with Gasteiger partial charge in [-0.1, -0.05) is 6.07 Å². The average Bonchev–Trinajstić information content (AvgIpc) is 3.09. The predicted molar refractivity (Wildman–Crippen MR) is 60.0 cm³/mol. The normalized spacial score (nSPS) is 11.1. The summed E-state index contributed by atoms with van der Waals surface area (Å²) in [6, 6.07) is 6.61. The van der Waals surface area contributed by atoms with Crippen LogP contribution in [0.4, 0.5) is 8.78 Å². The maximum atomic E-state index is 12.4. The minimum absolute atomic E-state index is 0.0695. The molecule has 3 aromatic rings. The van der Waals surface area contributed by atoms with Crippen LogP contribution < -0.4 is 0 Å². The lowest BCUT2D eigenvalue weighted by molar-refractivity contribution is 0.0568. The van der Waals surface area contributed by atoms with Crippen LogP contribution >= 0.6 is 0 Å². The highest BCUT2D eigenvalue weighted by atomic mass is 19.3. The average molecular weight is 263 g/mol. The molecule has 96 valence electrons. The molecule has 0 spiro atoms. The molecular formula is C11H7F2N5O. The fraction of sp³-hybridized carbons (Fsp3) is 0.0909. The molecule has 0 unspecified atom stereocenters. The molecule has 3 rings (SSSR count). The van der Waals surface area contributed by atoms with Crippen LogP contribution in [0.5, 0.6) is 0 Å². The predicted octanol–water partition coefficient (Wildman–Crippen LogP) is 2.39. The first-order valence-corrected chi connectivity index (χ1v) is 5.32. The number of aromatic nitrogens is 5. The third-order valence-electron chi connectivity index (χ3n) is 2.34. The van der Waals surface area contributed by atoms with Crippen LogP contribution in [0.3, 0.4) is 0 Å². The van der Waals surface area contributed by atoms with E-state index in [9.17, 15) is 8.78 Å². The van der Waals surface area contributed by atoms with Crippen LogP contribution in [0.1, 0.15) is 6.55 Å². The Morgan fingerprint density at radius 2 is 1.84 bits per heavy atom. The Kier molecular flexibility index (Phi) is 2.75. The maximum Gasteiger partial charge on any atom is 0.333 e. The molecule has 0 aliphatic carbocycles. The van der Waals surface area contributed by atoms with Gasteiger partial charge in [0, 0.05) is 12.4 Å². The third-order valence-corrected chi connectivity index (χ3v) is 2.34. The second-order valence-electron chi connectivity index (χ2n) is 3.59. The first kappa shape index (κ1) is 11.5. The topological polar surface area (TPSA) is 69.6 Å². The molecule has 6 nitrogen and oxygen atoms in total. The molecule has 0 radical (unpaired) electrons. The molecule has 0 aliphatic rings. The summed E-state index contributed by atoms with van der Waals surface area (Å²) in [6.07, 6.45) is 2.73. The van der Waals surface area contributed by atoms with Crippen molar-refractivity contribution in [1.82, 2.24) is 25.0 Å². The van der Waals surface area contributed by atoms with Crippen LogP contribution in [-0.4, -0.2) is 25.0 Å². The molecule has 3 aromatic heterocycles. The van der Waals surface area contributed by atoms with Gasteiger partial charge in [-0.3, -0.25) is 4.98 Å². The fourth-order valence-corrected chi connectivity index (χ4v) is 1.48. The molecule has 0 bridgehead atoms. The first-order chi connectivity index (χ1) is 9.24. The molecule has 8 heteroatoms. The van der Waals surface area contributed by atoms with Gasteiger partial charge in [-0.05, 0) is 18.2 Å². The second kappa shape index (κ2) is 4.56. The number of halogens is 2. The molecule has 0 amide bonds. The van der Waals surface area contributed by atoms with Gasteiger partial charge in [0.2, 0.25) is 0 Å². The summed E-state index contributed by atoms with van der Waals surface area (Å²) in [5.74, 6) is 0.280. The molecule has 0 N–H and O–H groups in total. The molecule has 0 fully saturated rings. The van der Waals surface area contributed by atoms with Crippen LogP contribution in [-0.2, 0) is 0 Å². The van der Waals surface area contributed by atoms with E-state index in [-0.39, 0.29) is 17.5 Å². The Bertz CT molecular complexity index is 679. The largest absolute Gasteiger partial charge is 0.413 e. The van der Waals surface area contributed by atoms with E-state index < -0.39 is 6.55 Å².